The summed E-state index contributed by atoms with van der Waals surface area (Å²) in [6.45, 7) is 9.26. The van der Waals surface area contributed by atoms with Crippen LogP contribution in [0.25, 0.3) is 0 Å². The third-order valence-corrected chi connectivity index (χ3v) is 4.32. The van der Waals surface area contributed by atoms with Crippen LogP contribution in [0.5, 0.6) is 5.75 Å². The molecule has 1 aliphatic heterocycles. The molecule has 1 aliphatic rings. The molecule has 0 saturated heterocycles. The Morgan fingerprint density at radius 1 is 1.32 bits per heavy atom. The van der Waals surface area contributed by atoms with E-state index in [4.69, 9.17) is 9.84 Å². The second kappa shape index (κ2) is 5.63. The van der Waals surface area contributed by atoms with E-state index in [9.17, 15) is 9.59 Å². The van der Waals surface area contributed by atoms with Crippen LogP contribution in [0.4, 0.5) is 5.69 Å². The molecule has 1 aromatic carbocycles. The first-order valence-corrected chi connectivity index (χ1v) is 7.54. The van der Waals surface area contributed by atoms with E-state index in [1.54, 1.807) is 13.0 Å². The number of nitrogens with zero attached hydrogens (tertiary/aromatic N) is 1. The van der Waals surface area contributed by atoms with Crippen molar-refractivity contribution in [3.8, 4) is 5.75 Å². The zero-order valence-electron chi connectivity index (χ0n) is 13.7. The van der Waals surface area contributed by atoms with Crippen molar-refractivity contribution in [3.05, 3.63) is 23.8 Å². The van der Waals surface area contributed by atoms with E-state index in [2.05, 4.69) is 0 Å². The van der Waals surface area contributed by atoms with Gasteiger partial charge in [-0.3, -0.25) is 14.5 Å². The van der Waals surface area contributed by atoms with Crippen molar-refractivity contribution in [2.24, 2.45) is 5.92 Å². The number of aliphatic carboxylic acids is 1. The van der Waals surface area contributed by atoms with E-state index in [0.29, 0.717) is 11.4 Å². The average molecular weight is 305 g/mol. The Bertz CT molecular complexity index is 609. The molecule has 0 aromatic heterocycles. The number of carboxylic acid groups (broad SMARTS) is 1. The van der Waals surface area contributed by atoms with Gasteiger partial charge in [0, 0.05) is 5.92 Å². The fourth-order valence-electron chi connectivity index (χ4n) is 2.61. The molecule has 1 aromatic rings. The van der Waals surface area contributed by atoms with Gasteiger partial charge in [0.05, 0.1) is 5.69 Å². The van der Waals surface area contributed by atoms with Crippen LogP contribution in [0.3, 0.4) is 0 Å². The lowest BCUT2D eigenvalue weighted by atomic mass is 9.87. The third kappa shape index (κ3) is 2.56. The summed E-state index contributed by atoms with van der Waals surface area (Å²) in [6, 6.07) is 5.53. The number of benzene rings is 1. The summed E-state index contributed by atoms with van der Waals surface area (Å²) in [4.78, 5) is 25.3. The minimum Gasteiger partial charge on any atom is -0.480 e. The summed E-state index contributed by atoms with van der Waals surface area (Å²) in [5.74, 6) is -0.592. The number of carbonyl (C=O) groups excluding carboxylic acids is 1. The molecule has 1 atom stereocenters. The highest BCUT2D eigenvalue weighted by Gasteiger charge is 2.48. The molecule has 0 saturated carbocycles. The Morgan fingerprint density at radius 3 is 2.45 bits per heavy atom. The molecule has 1 unspecified atom stereocenters. The van der Waals surface area contributed by atoms with Crippen LogP contribution in [-0.4, -0.2) is 29.1 Å². The van der Waals surface area contributed by atoms with Crippen molar-refractivity contribution in [1.82, 2.24) is 0 Å². The zero-order valence-corrected chi connectivity index (χ0v) is 13.7. The van der Waals surface area contributed by atoms with Crippen LogP contribution in [0.2, 0.25) is 0 Å². The largest absolute Gasteiger partial charge is 0.480 e. The Balaban J connectivity index is 2.65. The molecular formula is C17H23NO4. The topological polar surface area (TPSA) is 66.8 Å². The molecule has 1 amide bonds. The normalized spacial score (nSPS) is 21.0. The minimum atomic E-state index is -1.06. The van der Waals surface area contributed by atoms with Crippen molar-refractivity contribution < 1.29 is 19.4 Å². The van der Waals surface area contributed by atoms with Crippen LogP contribution in [0.1, 0.15) is 46.1 Å². The molecule has 0 radical (unpaired) electrons. The van der Waals surface area contributed by atoms with Crippen LogP contribution in [0, 0.1) is 5.92 Å². The van der Waals surface area contributed by atoms with Gasteiger partial charge in [-0.25, -0.2) is 0 Å². The molecular weight excluding hydrogens is 282 g/mol. The summed E-state index contributed by atoms with van der Waals surface area (Å²) in [5.41, 5.74) is 0.456. The number of ether oxygens (including phenoxy) is 1. The van der Waals surface area contributed by atoms with Gasteiger partial charge in [-0.2, -0.15) is 0 Å². The Kier molecular flexibility index (Phi) is 4.18. The standard InChI is InChI=1S/C17H23NO4/c1-10(2)12-7-6-8-13-15(12)22-17(5,11(3)4)16(21)18(13)9-14(19)20/h6-8,10-11H,9H2,1-5H3,(H,19,20). The Morgan fingerprint density at radius 2 is 1.95 bits per heavy atom. The van der Waals surface area contributed by atoms with Crippen molar-refractivity contribution >= 4 is 17.6 Å². The van der Waals surface area contributed by atoms with Crippen molar-refractivity contribution in [1.29, 1.82) is 0 Å². The molecule has 2 rings (SSSR count). The van der Waals surface area contributed by atoms with Gasteiger partial charge in [-0.05, 0) is 24.5 Å². The summed E-state index contributed by atoms with van der Waals surface area (Å²) in [7, 11) is 0. The van der Waals surface area contributed by atoms with E-state index >= 15 is 0 Å². The van der Waals surface area contributed by atoms with Crippen molar-refractivity contribution in [2.75, 3.05) is 11.4 Å². The predicted molar refractivity (Wildman–Crippen MR) is 84.4 cm³/mol. The van der Waals surface area contributed by atoms with Gasteiger partial charge in [0.25, 0.3) is 5.91 Å². The molecule has 120 valence electrons. The maximum Gasteiger partial charge on any atom is 0.323 e. The summed E-state index contributed by atoms with van der Waals surface area (Å²) >= 11 is 0. The summed E-state index contributed by atoms with van der Waals surface area (Å²) in [5, 5.41) is 9.16. The number of hydrogen-bond acceptors (Lipinski definition) is 3. The highest BCUT2D eigenvalue weighted by molar-refractivity contribution is 6.05. The second-order valence-electron chi connectivity index (χ2n) is 6.50. The SMILES string of the molecule is CC(C)c1cccc2c1OC(C)(C(C)C)C(=O)N2CC(=O)O. The third-order valence-electron chi connectivity index (χ3n) is 4.32. The predicted octanol–water partition coefficient (Wildman–Crippen LogP) is 3.03. The van der Waals surface area contributed by atoms with Crippen molar-refractivity contribution in [2.45, 2.75) is 46.1 Å². The number of anilines is 1. The highest BCUT2D eigenvalue weighted by Crippen LogP contribution is 2.44. The van der Waals surface area contributed by atoms with Crippen LogP contribution in [0.15, 0.2) is 18.2 Å². The minimum absolute atomic E-state index is 0.0790. The lowest BCUT2D eigenvalue weighted by molar-refractivity contribution is -0.142. The lowest BCUT2D eigenvalue weighted by Crippen LogP contribution is -2.58. The number of fused-ring (bicyclic) bond motifs is 1. The molecule has 0 spiro atoms. The number of amides is 1. The second-order valence-corrected chi connectivity index (χ2v) is 6.50. The Hall–Kier alpha value is -2.04. The monoisotopic (exact) mass is 305 g/mol. The van der Waals surface area contributed by atoms with Gasteiger partial charge in [-0.1, -0.05) is 39.8 Å². The van der Waals surface area contributed by atoms with Gasteiger partial charge in [0.2, 0.25) is 0 Å². The molecule has 0 bridgehead atoms. The quantitative estimate of drug-likeness (QED) is 0.928. The molecule has 22 heavy (non-hydrogen) atoms. The molecule has 1 heterocycles. The van der Waals surface area contributed by atoms with Gasteiger partial charge in [0.15, 0.2) is 5.60 Å². The Labute approximate surface area is 130 Å². The number of rotatable bonds is 4. The number of hydrogen-bond donors (Lipinski definition) is 1. The number of carbonyl (C=O) groups is 2. The van der Waals surface area contributed by atoms with E-state index in [0.717, 1.165) is 5.56 Å². The molecule has 1 N–H and O–H groups in total. The lowest BCUT2D eigenvalue weighted by Gasteiger charge is -2.43. The van der Waals surface area contributed by atoms with E-state index in [-0.39, 0.29) is 24.3 Å². The molecule has 5 heteroatoms. The van der Waals surface area contributed by atoms with E-state index in [1.165, 1.54) is 4.90 Å². The molecule has 0 aliphatic carbocycles. The van der Waals surface area contributed by atoms with E-state index in [1.807, 2.05) is 39.8 Å². The van der Waals surface area contributed by atoms with Gasteiger partial charge in [-0.15, -0.1) is 0 Å². The van der Waals surface area contributed by atoms with Gasteiger partial charge < -0.3 is 9.84 Å². The first-order chi connectivity index (χ1) is 10.2. The van der Waals surface area contributed by atoms with Gasteiger partial charge >= 0.3 is 5.97 Å². The molecule has 5 nitrogen and oxygen atoms in total. The highest BCUT2D eigenvalue weighted by atomic mass is 16.5. The first-order valence-electron chi connectivity index (χ1n) is 7.54. The van der Waals surface area contributed by atoms with Crippen LogP contribution in [-0.2, 0) is 9.59 Å². The number of para-hydroxylation sites is 1. The maximum absolute atomic E-state index is 12.8. The average Bonchev–Trinajstić information content (AvgIpc) is 2.42. The maximum atomic E-state index is 12.8. The zero-order chi connectivity index (χ0) is 16.7. The first kappa shape index (κ1) is 16.3. The summed E-state index contributed by atoms with van der Waals surface area (Å²) in [6.07, 6.45) is 0. The fourth-order valence-corrected chi connectivity index (χ4v) is 2.61. The van der Waals surface area contributed by atoms with Crippen LogP contribution < -0.4 is 9.64 Å². The molecule has 0 fully saturated rings. The van der Waals surface area contributed by atoms with Crippen LogP contribution >= 0.6 is 0 Å². The fraction of sp³-hybridized carbons (Fsp3) is 0.529. The van der Waals surface area contributed by atoms with E-state index < -0.39 is 11.6 Å². The smallest absolute Gasteiger partial charge is 0.323 e. The number of carboxylic acids is 1. The summed E-state index contributed by atoms with van der Waals surface area (Å²) < 4.78 is 6.11. The van der Waals surface area contributed by atoms with Gasteiger partial charge in [0.1, 0.15) is 12.3 Å². The van der Waals surface area contributed by atoms with Crippen molar-refractivity contribution in [3.63, 3.8) is 0 Å².